The summed E-state index contributed by atoms with van der Waals surface area (Å²) in [5.41, 5.74) is 5.09. The van der Waals surface area contributed by atoms with Gasteiger partial charge in [-0.15, -0.1) is 0 Å². The van der Waals surface area contributed by atoms with E-state index in [2.05, 4.69) is 0 Å². The molecule has 0 amide bonds. The summed E-state index contributed by atoms with van der Waals surface area (Å²) in [6.45, 7) is 11.4. The molecule has 0 aromatic rings. The lowest BCUT2D eigenvalue weighted by Gasteiger charge is -2.39. The van der Waals surface area contributed by atoms with Gasteiger partial charge in [0, 0.05) is 18.6 Å². The van der Waals surface area contributed by atoms with Crippen LogP contribution in [0.15, 0.2) is 0 Å². The lowest BCUT2D eigenvalue weighted by Crippen LogP contribution is -2.56. The van der Waals surface area contributed by atoms with Gasteiger partial charge in [-0.25, -0.2) is 8.42 Å². The van der Waals surface area contributed by atoms with Crippen LogP contribution >= 0.6 is 0 Å². The maximum absolute atomic E-state index is 12.3. The number of rotatable bonds is 4. The summed E-state index contributed by atoms with van der Waals surface area (Å²) in [6, 6.07) is 0. The second-order valence-corrected chi connectivity index (χ2v) is 7.91. The molecule has 0 spiro atoms. The second-order valence-electron chi connectivity index (χ2n) is 5.30. The van der Waals surface area contributed by atoms with Crippen molar-refractivity contribution in [1.82, 2.24) is 4.31 Å². The Morgan fingerprint density at radius 2 is 1.53 bits per heavy atom. The summed E-state index contributed by atoms with van der Waals surface area (Å²) in [5, 5.41) is 0. The summed E-state index contributed by atoms with van der Waals surface area (Å²) in [7, 11) is -3.31. The van der Waals surface area contributed by atoms with E-state index in [0.717, 1.165) is 0 Å². The van der Waals surface area contributed by atoms with Crippen LogP contribution in [0, 0.1) is 0 Å². The fourth-order valence-corrected chi connectivity index (χ4v) is 3.08. The van der Waals surface area contributed by atoms with Crippen molar-refractivity contribution >= 4 is 10.0 Å². The van der Waals surface area contributed by atoms with E-state index in [-0.39, 0.29) is 0 Å². The monoisotopic (exact) mass is 236 g/mol. The van der Waals surface area contributed by atoms with E-state index in [4.69, 9.17) is 5.73 Å². The molecular weight excluding hydrogens is 212 g/mol. The second kappa shape index (κ2) is 4.39. The molecule has 4 nitrogen and oxygen atoms in total. The van der Waals surface area contributed by atoms with Crippen molar-refractivity contribution in [3.63, 3.8) is 0 Å². The molecule has 0 atom stereocenters. The Morgan fingerprint density at radius 3 is 1.73 bits per heavy atom. The Balaban J connectivity index is 5.36. The highest BCUT2D eigenvalue weighted by atomic mass is 32.2. The Kier molecular flexibility index (Phi) is 4.35. The number of nitrogens with zero attached hydrogens (tertiary/aromatic N) is 1. The van der Waals surface area contributed by atoms with Gasteiger partial charge < -0.3 is 5.73 Å². The number of nitrogens with two attached hydrogens (primary N) is 1. The predicted molar refractivity (Wildman–Crippen MR) is 64.2 cm³/mol. The maximum Gasteiger partial charge on any atom is 0.219 e. The van der Waals surface area contributed by atoms with Crippen molar-refractivity contribution in [2.75, 3.05) is 13.1 Å². The van der Waals surface area contributed by atoms with Crippen molar-refractivity contribution in [2.24, 2.45) is 5.73 Å². The zero-order chi connectivity index (χ0) is 12.5. The fraction of sp³-hybridized carbons (Fsp3) is 1.00. The smallest absolute Gasteiger partial charge is 0.219 e. The summed E-state index contributed by atoms with van der Waals surface area (Å²) in [6.07, 6.45) is 0. The molecule has 92 valence electrons. The van der Waals surface area contributed by atoms with Crippen molar-refractivity contribution in [1.29, 1.82) is 0 Å². The van der Waals surface area contributed by atoms with E-state index in [1.807, 2.05) is 20.8 Å². The van der Waals surface area contributed by atoms with Crippen LogP contribution in [-0.4, -0.2) is 36.1 Å². The third-order valence-corrected chi connectivity index (χ3v) is 5.41. The molecule has 0 rings (SSSR count). The minimum atomic E-state index is -3.31. The quantitative estimate of drug-likeness (QED) is 0.797. The molecule has 0 aromatic heterocycles. The summed E-state index contributed by atoms with van der Waals surface area (Å²) in [5.74, 6) is 0. The highest BCUT2D eigenvalue weighted by Gasteiger charge is 2.41. The van der Waals surface area contributed by atoms with Crippen LogP contribution in [0.5, 0.6) is 0 Å². The molecule has 0 unspecified atom stereocenters. The Labute approximate surface area is 93.9 Å². The van der Waals surface area contributed by atoms with Crippen LogP contribution in [0.25, 0.3) is 0 Å². The third-order valence-electron chi connectivity index (χ3n) is 2.53. The van der Waals surface area contributed by atoms with E-state index in [1.54, 1.807) is 20.8 Å². The third kappa shape index (κ3) is 2.92. The summed E-state index contributed by atoms with van der Waals surface area (Å²) < 4.78 is 25.2. The van der Waals surface area contributed by atoms with E-state index in [0.29, 0.717) is 13.1 Å². The highest BCUT2D eigenvalue weighted by Crippen LogP contribution is 2.26. The van der Waals surface area contributed by atoms with Gasteiger partial charge in [0.2, 0.25) is 10.0 Å². The van der Waals surface area contributed by atoms with Gasteiger partial charge in [0.25, 0.3) is 0 Å². The molecule has 2 N–H and O–H groups in total. The van der Waals surface area contributed by atoms with Crippen LogP contribution < -0.4 is 5.73 Å². The first kappa shape index (κ1) is 14.9. The van der Waals surface area contributed by atoms with E-state index in [9.17, 15) is 8.42 Å². The zero-order valence-corrected chi connectivity index (χ0v) is 11.5. The van der Waals surface area contributed by atoms with Gasteiger partial charge in [-0.3, -0.25) is 0 Å². The van der Waals surface area contributed by atoms with E-state index >= 15 is 0 Å². The molecule has 0 aliphatic heterocycles. The van der Waals surface area contributed by atoms with Crippen LogP contribution in [0.2, 0.25) is 0 Å². The van der Waals surface area contributed by atoms with Gasteiger partial charge in [0.1, 0.15) is 0 Å². The SMILES string of the molecule is CCN(C(C)(C)CN)S(=O)(=O)C(C)(C)C. The Bertz CT molecular complexity index is 302. The number of likely N-dealkylation sites (N-methyl/N-ethyl adjacent to an activating group) is 1. The summed E-state index contributed by atoms with van der Waals surface area (Å²) in [4.78, 5) is 0. The lowest BCUT2D eigenvalue weighted by atomic mass is 10.1. The van der Waals surface area contributed by atoms with Crippen molar-refractivity contribution in [3.8, 4) is 0 Å². The normalized spacial score (nSPS) is 14.7. The largest absolute Gasteiger partial charge is 0.329 e. The van der Waals surface area contributed by atoms with Gasteiger partial charge in [-0.2, -0.15) is 4.31 Å². The molecule has 5 heteroatoms. The van der Waals surface area contributed by atoms with E-state index in [1.165, 1.54) is 4.31 Å². The first-order valence-corrected chi connectivity index (χ1v) is 6.67. The minimum Gasteiger partial charge on any atom is -0.329 e. The molecule has 0 bridgehead atoms. The van der Waals surface area contributed by atoms with Crippen LogP contribution in [-0.2, 0) is 10.0 Å². The van der Waals surface area contributed by atoms with Crippen LogP contribution in [0.4, 0.5) is 0 Å². The minimum absolute atomic E-state index is 0.316. The molecule has 0 aliphatic rings. The molecule has 0 fully saturated rings. The Morgan fingerprint density at radius 1 is 1.13 bits per heavy atom. The van der Waals surface area contributed by atoms with Gasteiger partial charge >= 0.3 is 0 Å². The molecular formula is C10H24N2O2S. The Hall–Kier alpha value is -0.130. The van der Waals surface area contributed by atoms with Crippen molar-refractivity contribution < 1.29 is 8.42 Å². The molecule has 15 heavy (non-hydrogen) atoms. The van der Waals surface area contributed by atoms with Crippen molar-refractivity contribution in [2.45, 2.75) is 51.8 Å². The lowest BCUT2D eigenvalue weighted by molar-refractivity contribution is 0.238. The molecule has 0 radical (unpaired) electrons. The molecule has 0 aromatic carbocycles. The fourth-order valence-electron chi connectivity index (χ4n) is 1.36. The van der Waals surface area contributed by atoms with Crippen LogP contribution in [0.1, 0.15) is 41.5 Å². The molecule has 0 saturated heterocycles. The zero-order valence-electron chi connectivity index (χ0n) is 10.7. The topological polar surface area (TPSA) is 63.4 Å². The van der Waals surface area contributed by atoms with Gasteiger partial charge in [-0.1, -0.05) is 6.92 Å². The molecule has 0 aliphatic carbocycles. The molecule has 0 heterocycles. The number of hydrogen-bond acceptors (Lipinski definition) is 3. The standard InChI is InChI=1S/C10H24N2O2S/c1-7-12(10(5,6)8-11)15(13,14)9(2,3)4/h7-8,11H2,1-6H3. The maximum atomic E-state index is 12.3. The van der Waals surface area contributed by atoms with Gasteiger partial charge in [-0.05, 0) is 34.6 Å². The average molecular weight is 236 g/mol. The van der Waals surface area contributed by atoms with Crippen LogP contribution in [0.3, 0.4) is 0 Å². The highest BCUT2D eigenvalue weighted by molar-refractivity contribution is 7.90. The molecule has 0 saturated carbocycles. The summed E-state index contributed by atoms with van der Waals surface area (Å²) >= 11 is 0. The van der Waals surface area contributed by atoms with Gasteiger partial charge in [0.15, 0.2) is 0 Å². The van der Waals surface area contributed by atoms with Crippen molar-refractivity contribution in [3.05, 3.63) is 0 Å². The van der Waals surface area contributed by atoms with E-state index < -0.39 is 20.3 Å². The average Bonchev–Trinajstić information content (AvgIpc) is 2.02. The number of hydrogen-bond donors (Lipinski definition) is 1. The van der Waals surface area contributed by atoms with Gasteiger partial charge in [0.05, 0.1) is 4.75 Å². The number of sulfonamides is 1. The first-order valence-electron chi connectivity index (χ1n) is 5.23. The predicted octanol–water partition coefficient (Wildman–Crippen LogP) is 1.17. The first-order chi connectivity index (χ1) is 6.50.